The van der Waals surface area contributed by atoms with Crippen molar-refractivity contribution in [1.29, 1.82) is 0 Å². The molecule has 0 amide bonds. The molecule has 2 bridgehead atoms. The number of phosphoric ester groups is 1. The molecular formula is C2H2ClO4P. The van der Waals surface area contributed by atoms with Gasteiger partial charge in [-0.15, -0.1) is 11.6 Å². The van der Waals surface area contributed by atoms with Crippen molar-refractivity contribution in [3.8, 4) is 0 Å². The van der Waals surface area contributed by atoms with Gasteiger partial charge in [-0.3, -0.25) is 0 Å². The van der Waals surface area contributed by atoms with E-state index < -0.39 is 13.8 Å². The zero-order valence-electron chi connectivity index (χ0n) is 3.67. The molecule has 3 aliphatic heterocycles. The molecule has 0 unspecified atom stereocenters. The molecule has 0 spiro atoms. The Balaban J connectivity index is 2.14. The monoisotopic (exact) mass is 156 g/mol. The normalized spacial score (nSPS) is 59.1. The fourth-order valence-electron chi connectivity index (χ4n) is 0.605. The van der Waals surface area contributed by atoms with Gasteiger partial charge in [0.15, 0.2) is 0 Å². The van der Waals surface area contributed by atoms with E-state index in [1.807, 2.05) is 0 Å². The van der Waals surface area contributed by atoms with Crippen molar-refractivity contribution in [1.82, 2.24) is 0 Å². The highest BCUT2D eigenvalue weighted by Crippen LogP contribution is 2.79. The van der Waals surface area contributed by atoms with Crippen molar-refractivity contribution in [3.63, 3.8) is 0 Å². The average molecular weight is 156 g/mol. The molecule has 0 atom stereocenters. The minimum absolute atomic E-state index is 0.0665. The second kappa shape index (κ2) is 1.13. The molecule has 3 aliphatic rings. The molecule has 4 nitrogen and oxygen atoms in total. The van der Waals surface area contributed by atoms with E-state index in [0.717, 1.165) is 0 Å². The molecule has 3 saturated heterocycles. The lowest BCUT2D eigenvalue weighted by Crippen LogP contribution is -2.58. The fourth-order valence-corrected chi connectivity index (χ4v) is 2.25. The molecule has 8 heavy (non-hydrogen) atoms. The van der Waals surface area contributed by atoms with Crippen LogP contribution in [0.4, 0.5) is 0 Å². The second-order valence-corrected chi connectivity index (χ2v) is 3.25. The van der Waals surface area contributed by atoms with Gasteiger partial charge in [-0.05, 0) is 0 Å². The molecule has 46 valence electrons. The van der Waals surface area contributed by atoms with E-state index >= 15 is 0 Å². The molecule has 3 heterocycles. The predicted octanol–water partition coefficient (Wildman–Crippen LogP) is 1.06. The summed E-state index contributed by atoms with van der Waals surface area (Å²) in [6.45, 7) is 0. The maximum Gasteiger partial charge on any atom is 0.488 e. The van der Waals surface area contributed by atoms with Gasteiger partial charge in [0.05, 0.1) is 0 Å². The van der Waals surface area contributed by atoms with Crippen molar-refractivity contribution in [2.45, 2.75) is 5.97 Å². The molecule has 0 aromatic rings. The predicted molar refractivity (Wildman–Crippen MR) is 24.3 cm³/mol. The van der Waals surface area contributed by atoms with Crippen LogP contribution in [-0.2, 0) is 18.1 Å². The van der Waals surface area contributed by atoms with E-state index in [2.05, 4.69) is 13.6 Å². The number of rotatable bonds is 1. The fraction of sp³-hybridized carbons (Fsp3) is 1.00. The molecule has 3 fully saturated rings. The summed E-state index contributed by atoms with van der Waals surface area (Å²) in [5, 5.41) is 0. The summed E-state index contributed by atoms with van der Waals surface area (Å²) in [6, 6.07) is 0. The van der Waals surface area contributed by atoms with E-state index in [0.29, 0.717) is 0 Å². The number of alkyl halides is 1. The average Bonchev–Trinajstić information content (AvgIpc) is 1.55. The van der Waals surface area contributed by atoms with E-state index in [4.69, 9.17) is 11.6 Å². The first kappa shape index (κ1) is 5.21. The number of hydrogen-bond donors (Lipinski definition) is 0. The lowest BCUT2D eigenvalue weighted by atomic mass is 10.7. The lowest BCUT2D eigenvalue weighted by molar-refractivity contribution is -0.414. The first-order valence-electron chi connectivity index (χ1n) is 1.96. The molecule has 0 aromatic carbocycles. The van der Waals surface area contributed by atoms with Crippen LogP contribution in [0.5, 0.6) is 0 Å². The topological polar surface area (TPSA) is 44.8 Å². The van der Waals surface area contributed by atoms with Gasteiger partial charge in [-0.25, -0.2) is 18.1 Å². The van der Waals surface area contributed by atoms with Crippen LogP contribution in [0.2, 0.25) is 0 Å². The Morgan fingerprint density at radius 2 is 2.00 bits per heavy atom. The lowest BCUT2D eigenvalue weighted by Gasteiger charge is -2.54. The largest absolute Gasteiger partial charge is 0.488 e. The summed E-state index contributed by atoms with van der Waals surface area (Å²) in [7, 11) is -2.99. The third-order valence-electron chi connectivity index (χ3n) is 0.916. The van der Waals surface area contributed by atoms with Crippen molar-refractivity contribution in [2.75, 3.05) is 5.88 Å². The summed E-state index contributed by atoms with van der Waals surface area (Å²) >= 11 is 5.25. The Morgan fingerprint density at radius 3 is 2.12 bits per heavy atom. The van der Waals surface area contributed by atoms with Gasteiger partial charge >= 0.3 is 13.8 Å². The zero-order valence-corrected chi connectivity index (χ0v) is 5.32. The van der Waals surface area contributed by atoms with Crippen molar-refractivity contribution in [2.24, 2.45) is 0 Å². The van der Waals surface area contributed by atoms with Crippen LogP contribution in [0.1, 0.15) is 0 Å². The van der Waals surface area contributed by atoms with Gasteiger partial charge in [-0.1, -0.05) is 0 Å². The maximum atomic E-state index is 10.4. The first-order valence-corrected chi connectivity index (χ1v) is 3.96. The smallest absolute Gasteiger partial charge is 0.227 e. The standard InChI is InChI=1S/C2H2ClO4P/c3-1-2-5-8(4,6-2)7-2/h1H2. The van der Waals surface area contributed by atoms with Gasteiger partial charge in [0.2, 0.25) is 0 Å². The van der Waals surface area contributed by atoms with E-state index in [1.165, 1.54) is 0 Å². The van der Waals surface area contributed by atoms with Gasteiger partial charge in [-0.2, -0.15) is 0 Å². The summed E-state index contributed by atoms with van der Waals surface area (Å²) in [6.07, 6.45) is 0. The molecule has 0 aromatic heterocycles. The van der Waals surface area contributed by atoms with Gasteiger partial charge in [0.1, 0.15) is 5.88 Å². The summed E-state index contributed by atoms with van der Waals surface area (Å²) < 4.78 is 24.0. The minimum Gasteiger partial charge on any atom is -0.227 e. The van der Waals surface area contributed by atoms with Crippen molar-refractivity contribution >= 4 is 19.4 Å². The number of phosphoric acid groups is 1. The molecule has 3 rings (SSSR count). The van der Waals surface area contributed by atoms with Crippen LogP contribution in [0, 0.1) is 0 Å². The summed E-state index contributed by atoms with van der Waals surface area (Å²) in [5.74, 6) is -1.06. The second-order valence-electron chi connectivity index (χ2n) is 1.54. The molecular weight excluding hydrogens is 154 g/mol. The summed E-state index contributed by atoms with van der Waals surface area (Å²) in [4.78, 5) is 0. The Labute approximate surface area is 50.3 Å². The molecule has 0 aliphatic carbocycles. The Morgan fingerprint density at radius 1 is 1.50 bits per heavy atom. The van der Waals surface area contributed by atoms with Crippen molar-refractivity contribution < 1.29 is 18.1 Å². The Bertz CT molecular complexity index is 152. The highest BCUT2D eigenvalue weighted by Gasteiger charge is 2.74. The van der Waals surface area contributed by atoms with Crippen LogP contribution in [0.3, 0.4) is 0 Å². The van der Waals surface area contributed by atoms with Crippen LogP contribution in [0.25, 0.3) is 0 Å². The third kappa shape index (κ3) is 0.408. The van der Waals surface area contributed by atoms with E-state index in [-0.39, 0.29) is 5.88 Å². The quantitative estimate of drug-likeness (QED) is 0.421. The number of halogens is 1. The van der Waals surface area contributed by atoms with Gasteiger partial charge in [0, 0.05) is 0 Å². The third-order valence-corrected chi connectivity index (χ3v) is 2.75. The van der Waals surface area contributed by atoms with E-state index in [1.54, 1.807) is 0 Å². The summed E-state index contributed by atoms with van der Waals surface area (Å²) in [5.41, 5.74) is 0. The number of hydrogen-bond acceptors (Lipinski definition) is 4. The maximum absolute atomic E-state index is 10.4. The molecule has 0 N–H and O–H groups in total. The van der Waals surface area contributed by atoms with Gasteiger partial charge < -0.3 is 0 Å². The molecule has 0 radical (unpaired) electrons. The molecule has 6 heteroatoms. The zero-order chi connectivity index (χ0) is 5.83. The van der Waals surface area contributed by atoms with Crippen LogP contribution >= 0.6 is 19.4 Å². The van der Waals surface area contributed by atoms with E-state index in [9.17, 15) is 4.57 Å². The molecule has 0 saturated carbocycles. The van der Waals surface area contributed by atoms with Crippen LogP contribution in [-0.4, -0.2) is 11.9 Å². The first-order chi connectivity index (χ1) is 3.68. The van der Waals surface area contributed by atoms with Crippen LogP contribution in [0.15, 0.2) is 0 Å². The minimum atomic E-state index is -2.99. The Kier molecular flexibility index (Phi) is 0.733. The van der Waals surface area contributed by atoms with Gasteiger partial charge in [0.25, 0.3) is 0 Å². The highest BCUT2D eigenvalue weighted by molar-refractivity contribution is 7.51. The Hall–Kier alpha value is 0.400. The van der Waals surface area contributed by atoms with Crippen molar-refractivity contribution in [3.05, 3.63) is 0 Å². The highest BCUT2D eigenvalue weighted by atomic mass is 35.5. The SMILES string of the molecule is O=P12OC(CCl)(O1)O2. The van der Waals surface area contributed by atoms with Crippen LogP contribution < -0.4 is 0 Å².